The highest BCUT2D eigenvalue weighted by atomic mass is 79.9. The van der Waals surface area contributed by atoms with Gasteiger partial charge in [0, 0.05) is 11.5 Å². The van der Waals surface area contributed by atoms with Crippen molar-refractivity contribution in [3.63, 3.8) is 0 Å². The number of hydrogen-bond donors (Lipinski definition) is 1. The number of halogens is 6. The molecule has 0 aliphatic heterocycles. The first-order chi connectivity index (χ1) is 7.76. The van der Waals surface area contributed by atoms with Crippen molar-refractivity contribution in [2.75, 3.05) is 5.73 Å². The maximum absolute atomic E-state index is 12.7. The minimum Gasteiger partial charge on any atom is -0.401 e. The summed E-state index contributed by atoms with van der Waals surface area (Å²) in [6, 6.07) is 0. The van der Waals surface area contributed by atoms with E-state index in [2.05, 4.69) is 25.7 Å². The van der Waals surface area contributed by atoms with Crippen molar-refractivity contribution in [2.24, 2.45) is 0 Å². The van der Waals surface area contributed by atoms with Gasteiger partial charge in [0.2, 0.25) is 0 Å². The molecule has 0 aromatic carbocycles. The average molecular weight is 321 g/mol. The van der Waals surface area contributed by atoms with Crippen LogP contribution < -0.4 is 10.5 Å². The standard InChI is InChI=1S/C8H6BrF5N2O/c9-1-3-2-16-7(15)5(4(3)6(10)11)17-8(12,13)14/h2,6H,1H2,(H2,15,16). The molecule has 1 rings (SSSR count). The number of pyridine rings is 1. The minimum atomic E-state index is -5.11. The summed E-state index contributed by atoms with van der Waals surface area (Å²) in [5.74, 6) is -1.88. The number of nitrogen functional groups attached to an aromatic ring is 1. The van der Waals surface area contributed by atoms with E-state index in [-0.39, 0.29) is 10.9 Å². The van der Waals surface area contributed by atoms with Gasteiger partial charge in [-0.25, -0.2) is 13.8 Å². The Morgan fingerprint density at radius 1 is 1.41 bits per heavy atom. The first kappa shape index (κ1) is 13.9. The number of ether oxygens (including phenoxy) is 1. The van der Waals surface area contributed by atoms with Crippen LogP contribution in [0.15, 0.2) is 6.20 Å². The van der Waals surface area contributed by atoms with Gasteiger partial charge in [0.05, 0.1) is 5.56 Å². The zero-order valence-corrected chi connectivity index (χ0v) is 9.65. The van der Waals surface area contributed by atoms with E-state index in [1.54, 1.807) is 0 Å². The molecule has 0 aliphatic carbocycles. The predicted octanol–water partition coefficient (Wildman–Crippen LogP) is 3.39. The molecule has 0 spiro atoms. The van der Waals surface area contributed by atoms with Crippen LogP contribution in [0, 0.1) is 0 Å². The van der Waals surface area contributed by atoms with E-state index >= 15 is 0 Å². The second-order valence-electron chi connectivity index (χ2n) is 2.89. The minimum absolute atomic E-state index is 0.0891. The first-order valence-electron chi connectivity index (χ1n) is 4.13. The van der Waals surface area contributed by atoms with E-state index in [4.69, 9.17) is 5.73 Å². The van der Waals surface area contributed by atoms with Crippen molar-refractivity contribution in [1.29, 1.82) is 0 Å². The van der Waals surface area contributed by atoms with Crippen LogP contribution in [-0.4, -0.2) is 11.3 Å². The molecule has 0 aliphatic rings. The SMILES string of the molecule is Nc1ncc(CBr)c(C(F)F)c1OC(F)(F)F. The number of rotatable bonds is 3. The molecular formula is C8H6BrF5N2O. The van der Waals surface area contributed by atoms with Gasteiger partial charge in [0.1, 0.15) is 0 Å². The molecule has 1 heterocycles. The van der Waals surface area contributed by atoms with Gasteiger partial charge in [0.15, 0.2) is 11.6 Å². The fraction of sp³-hybridized carbons (Fsp3) is 0.375. The average Bonchev–Trinajstić information content (AvgIpc) is 2.18. The van der Waals surface area contributed by atoms with Crippen molar-refractivity contribution < 1.29 is 26.7 Å². The third-order valence-electron chi connectivity index (χ3n) is 1.76. The van der Waals surface area contributed by atoms with E-state index in [0.29, 0.717) is 0 Å². The van der Waals surface area contributed by atoms with Crippen LogP contribution in [-0.2, 0) is 5.33 Å². The predicted molar refractivity (Wildman–Crippen MR) is 52.9 cm³/mol. The summed E-state index contributed by atoms with van der Waals surface area (Å²) < 4.78 is 65.0. The molecule has 2 N–H and O–H groups in total. The molecule has 1 aromatic heterocycles. The molecule has 0 radical (unpaired) electrons. The quantitative estimate of drug-likeness (QED) is 0.686. The van der Waals surface area contributed by atoms with Gasteiger partial charge < -0.3 is 10.5 Å². The van der Waals surface area contributed by atoms with Crippen LogP contribution in [0.4, 0.5) is 27.8 Å². The number of anilines is 1. The fourth-order valence-electron chi connectivity index (χ4n) is 1.13. The van der Waals surface area contributed by atoms with Crippen molar-refractivity contribution in [3.8, 4) is 5.75 Å². The lowest BCUT2D eigenvalue weighted by Gasteiger charge is -2.16. The third-order valence-corrected chi connectivity index (χ3v) is 2.37. The van der Waals surface area contributed by atoms with Gasteiger partial charge in [-0.2, -0.15) is 0 Å². The summed E-state index contributed by atoms with van der Waals surface area (Å²) in [6.07, 6.45) is -7.29. The topological polar surface area (TPSA) is 48.1 Å². The Morgan fingerprint density at radius 3 is 2.41 bits per heavy atom. The second-order valence-corrected chi connectivity index (χ2v) is 3.45. The monoisotopic (exact) mass is 320 g/mol. The number of aromatic nitrogens is 1. The summed E-state index contributed by atoms with van der Waals surface area (Å²) in [5.41, 5.74) is 4.08. The molecule has 3 nitrogen and oxygen atoms in total. The molecule has 0 saturated carbocycles. The summed E-state index contributed by atoms with van der Waals surface area (Å²) in [4.78, 5) is 3.37. The Kier molecular flexibility index (Phi) is 4.12. The Balaban J connectivity index is 3.34. The highest BCUT2D eigenvalue weighted by Crippen LogP contribution is 2.39. The molecular weight excluding hydrogens is 315 g/mol. The number of alkyl halides is 6. The Hall–Kier alpha value is -1.12. The summed E-state index contributed by atoms with van der Waals surface area (Å²) in [5, 5.41) is -0.0891. The fourth-order valence-corrected chi connectivity index (χ4v) is 1.57. The van der Waals surface area contributed by atoms with Gasteiger partial charge in [0.25, 0.3) is 6.43 Å². The lowest BCUT2D eigenvalue weighted by Crippen LogP contribution is -2.20. The van der Waals surface area contributed by atoms with E-state index in [0.717, 1.165) is 6.20 Å². The molecule has 17 heavy (non-hydrogen) atoms. The molecule has 0 atom stereocenters. The van der Waals surface area contributed by atoms with Crippen LogP contribution in [0.25, 0.3) is 0 Å². The van der Waals surface area contributed by atoms with E-state index < -0.39 is 29.9 Å². The van der Waals surface area contributed by atoms with Crippen LogP contribution in [0.3, 0.4) is 0 Å². The van der Waals surface area contributed by atoms with Crippen molar-refractivity contribution >= 4 is 21.7 Å². The normalized spacial score (nSPS) is 11.9. The number of hydrogen-bond acceptors (Lipinski definition) is 3. The summed E-state index contributed by atoms with van der Waals surface area (Å²) in [7, 11) is 0. The highest BCUT2D eigenvalue weighted by Gasteiger charge is 2.35. The van der Waals surface area contributed by atoms with Gasteiger partial charge >= 0.3 is 6.36 Å². The van der Waals surface area contributed by atoms with Gasteiger partial charge in [-0.05, 0) is 5.56 Å². The van der Waals surface area contributed by atoms with Crippen molar-refractivity contribution in [1.82, 2.24) is 4.98 Å². The smallest absolute Gasteiger partial charge is 0.401 e. The zero-order chi connectivity index (χ0) is 13.2. The summed E-state index contributed by atoms with van der Waals surface area (Å²) in [6.45, 7) is 0. The van der Waals surface area contributed by atoms with Gasteiger partial charge in [-0.1, -0.05) is 15.9 Å². The molecule has 9 heteroatoms. The molecule has 0 amide bonds. The number of nitrogens with two attached hydrogens (primary N) is 1. The van der Waals surface area contributed by atoms with Gasteiger partial charge in [-0.15, -0.1) is 13.2 Å². The van der Waals surface area contributed by atoms with Crippen molar-refractivity contribution in [2.45, 2.75) is 18.1 Å². The van der Waals surface area contributed by atoms with Crippen LogP contribution >= 0.6 is 15.9 Å². The Morgan fingerprint density at radius 2 is 2.00 bits per heavy atom. The van der Waals surface area contributed by atoms with E-state index in [1.165, 1.54) is 0 Å². The molecule has 0 fully saturated rings. The molecule has 0 saturated heterocycles. The molecule has 1 aromatic rings. The first-order valence-corrected chi connectivity index (χ1v) is 5.25. The van der Waals surface area contributed by atoms with Crippen LogP contribution in [0.2, 0.25) is 0 Å². The zero-order valence-electron chi connectivity index (χ0n) is 8.06. The maximum Gasteiger partial charge on any atom is 0.573 e. The largest absolute Gasteiger partial charge is 0.573 e. The Bertz CT molecular complexity index is 410. The Labute approximate surface area is 101 Å². The molecule has 0 unspecified atom stereocenters. The second kappa shape index (κ2) is 5.03. The van der Waals surface area contributed by atoms with Crippen molar-refractivity contribution in [3.05, 3.63) is 17.3 Å². The summed E-state index contributed by atoms with van der Waals surface area (Å²) >= 11 is 2.86. The molecule has 96 valence electrons. The van der Waals surface area contributed by atoms with Crippen LogP contribution in [0.5, 0.6) is 5.75 Å². The van der Waals surface area contributed by atoms with Gasteiger partial charge in [-0.3, -0.25) is 0 Å². The highest BCUT2D eigenvalue weighted by molar-refractivity contribution is 9.08. The third kappa shape index (κ3) is 3.42. The van der Waals surface area contributed by atoms with E-state index in [1.807, 2.05) is 0 Å². The number of nitrogens with zero attached hydrogens (tertiary/aromatic N) is 1. The maximum atomic E-state index is 12.7. The lowest BCUT2D eigenvalue weighted by molar-refractivity contribution is -0.275. The van der Waals surface area contributed by atoms with Crippen LogP contribution in [0.1, 0.15) is 17.6 Å². The van der Waals surface area contributed by atoms with E-state index in [9.17, 15) is 22.0 Å². The molecule has 0 bridgehead atoms. The lowest BCUT2D eigenvalue weighted by atomic mass is 10.1.